The quantitative estimate of drug-likeness (QED) is 0.418. The molecule has 1 N–H and O–H groups in total. The van der Waals surface area contributed by atoms with E-state index in [2.05, 4.69) is 20.0 Å². The topological polar surface area (TPSA) is 85.8 Å². The minimum atomic E-state index is -4.72. The standard InChI is InChI=1S/C30H38F4N4O4/c1-19-25(10-9-22-3-2-4-27(41-22)20-5-7-23(8-6-20)42-30(32,33)34)35-18-36-28(19)29(39)38-14-11-21(12-15-38)37-26-13-16-40-17-24(26)31/h5-8,18,21-22,24,26-27,37H,2-4,9-17H2,1H3/t22-,24-,26+,27+/m1/s1. The van der Waals surface area contributed by atoms with Crippen molar-refractivity contribution >= 4 is 5.91 Å². The Morgan fingerprint density at radius 1 is 1.10 bits per heavy atom. The zero-order valence-corrected chi connectivity index (χ0v) is 23.7. The molecule has 12 heteroatoms. The number of aromatic nitrogens is 2. The summed E-state index contributed by atoms with van der Waals surface area (Å²) in [6.45, 7) is 3.73. The van der Waals surface area contributed by atoms with E-state index in [-0.39, 0.29) is 42.6 Å². The highest BCUT2D eigenvalue weighted by molar-refractivity contribution is 5.93. The Labute approximate surface area is 243 Å². The monoisotopic (exact) mass is 594 g/mol. The number of alkyl halides is 4. The minimum Gasteiger partial charge on any atom is -0.406 e. The summed E-state index contributed by atoms with van der Waals surface area (Å²) < 4.78 is 67.0. The van der Waals surface area contributed by atoms with Crippen molar-refractivity contribution in [3.05, 3.63) is 53.1 Å². The summed E-state index contributed by atoms with van der Waals surface area (Å²) in [5, 5.41) is 3.42. The highest BCUT2D eigenvalue weighted by atomic mass is 19.4. The first-order valence-electron chi connectivity index (χ1n) is 14.7. The molecule has 0 spiro atoms. The molecule has 8 nitrogen and oxygen atoms in total. The Morgan fingerprint density at radius 2 is 1.86 bits per heavy atom. The Bertz CT molecular complexity index is 1190. The molecule has 0 radical (unpaired) electrons. The SMILES string of the molecule is Cc1c(CC[C@H]2CCC[C@@H](c3ccc(OC(F)(F)F)cc3)O2)ncnc1C(=O)N1CCC(N[C@H]2CCOC[C@H]2F)CC1. The van der Waals surface area contributed by atoms with Gasteiger partial charge in [-0.05, 0) is 76.0 Å². The average molecular weight is 595 g/mol. The predicted octanol–water partition coefficient (Wildman–Crippen LogP) is 5.25. The predicted molar refractivity (Wildman–Crippen MR) is 146 cm³/mol. The lowest BCUT2D eigenvalue weighted by Gasteiger charge is -2.36. The highest BCUT2D eigenvalue weighted by Gasteiger charge is 2.32. The molecule has 3 aliphatic heterocycles. The van der Waals surface area contributed by atoms with Crippen LogP contribution < -0.4 is 10.1 Å². The van der Waals surface area contributed by atoms with Gasteiger partial charge in [-0.25, -0.2) is 14.4 Å². The molecule has 5 rings (SSSR count). The molecule has 4 heterocycles. The maximum Gasteiger partial charge on any atom is 0.573 e. The highest BCUT2D eigenvalue weighted by Crippen LogP contribution is 2.34. The first kappa shape index (κ1) is 30.6. The normalized spacial score (nSPS) is 25.8. The van der Waals surface area contributed by atoms with Gasteiger partial charge in [0.15, 0.2) is 0 Å². The third-order valence-electron chi connectivity index (χ3n) is 8.45. The second-order valence-electron chi connectivity index (χ2n) is 11.3. The third-order valence-corrected chi connectivity index (χ3v) is 8.45. The van der Waals surface area contributed by atoms with E-state index < -0.39 is 12.5 Å². The van der Waals surface area contributed by atoms with E-state index in [1.54, 1.807) is 12.1 Å². The maximum absolute atomic E-state index is 14.1. The number of likely N-dealkylation sites (tertiary alicyclic amines) is 1. The molecule has 2 aromatic rings. The molecule has 0 saturated carbocycles. The van der Waals surface area contributed by atoms with Crippen molar-refractivity contribution in [1.29, 1.82) is 0 Å². The first-order chi connectivity index (χ1) is 20.2. The fraction of sp³-hybridized carbons (Fsp3) is 0.633. The summed E-state index contributed by atoms with van der Waals surface area (Å²) in [4.78, 5) is 24.0. The van der Waals surface area contributed by atoms with Crippen molar-refractivity contribution in [2.24, 2.45) is 0 Å². The smallest absolute Gasteiger partial charge is 0.406 e. The van der Waals surface area contributed by atoms with Crippen molar-refractivity contribution in [2.45, 2.75) is 95.1 Å². The third kappa shape index (κ3) is 7.96. The molecule has 3 fully saturated rings. The largest absolute Gasteiger partial charge is 0.573 e. The summed E-state index contributed by atoms with van der Waals surface area (Å²) in [6.07, 6.45) is 1.57. The molecule has 4 atom stereocenters. The number of aryl methyl sites for hydroxylation is 1. The number of hydrogen-bond donors (Lipinski definition) is 1. The van der Waals surface area contributed by atoms with Gasteiger partial charge in [0.2, 0.25) is 0 Å². The van der Waals surface area contributed by atoms with Crippen LogP contribution in [-0.2, 0) is 15.9 Å². The van der Waals surface area contributed by atoms with Crippen LogP contribution in [0, 0.1) is 6.92 Å². The van der Waals surface area contributed by atoms with Crippen LogP contribution in [-0.4, -0.2) is 77.8 Å². The van der Waals surface area contributed by atoms with Crippen molar-refractivity contribution in [1.82, 2.24) is 20.2 Å². The number of carbonyl (C=O) groups excluding carboxylic acids is 1. The molecule has 0 aliphatic carbocycles. The van der Waals surface area contributed by atoms with Crippen LogP contribution in [0.25, 0.3) is 0 Å². The maximum atomic E-state index is 14.1. The van der Waals surface area contributed by atoms with Gasteiger partial charge in [0.1, 0.15) is 23.9 Å². The number of piperidine rings is 1. The molecule has 3 aliphatic rings. The fourth-order valence-electron chi connectivity index (χ4n) is 6.09. The molecular formula is C30H38F4N4O4. The van der Waals surface area contributed by atoms with Crippen LogP contribution in [0.1, 0.15) is 78.4 Å². The first-order valence-corrected chi connectivity index (χ1v) is 14.7. The lowest BCUT2D eigenvalue weighted by molar-refractivity contribution is -0.274. The van der Waals surface area contributed by atoms with E-state index in [4.69, 9.17) is 9.47 Å². The van der Waals surface area contributed by atoms with E-state index >= 15 is 0 Å². The van der Waals surface area contributed by atoms with Gasteiger partial charge in [0, 0.05) is 43.0 Å². The summed E-state index contributed by atoms with van der Waals surface area (Å²) in [5.41, 5.74) is 2.79. The zero-order chi connectivity index (χ0) is 29.7. The van der Waals surface area contributed by atoms with Crippen LogP contribution in [0.3, 0.4) is 0 Å². The Balaban J connectivity index is 1.12. The summed E-state index contributed by atoms with van der Waals surface area (Å²) >= 11 is 0. The van der Waals surface area contributed by atoms with E-state index in [1.807, 2.05) is 11.8 Å². The molecule has 1 aromatic heterocycles. The number of amides is 1. The van der Waals surface area contributed by atoms with Gasteiger partial charge >= 0.3 is 6.36 Å². The molecule has 230 valence electrons. The lowest BCUT2D eigenvalue weighted by atomic mass is 9.95. The molecule has 0 unspecified atom stereocenters. The van der Waals surface area contributed by atoms with Crippen LogP contribution in [0.4, 0.5) is 17.6 Å². The van der Waals surface area contributed by atoms with E-state index in [0.717, 1.165) is 48.9 Å². The van der Waals surface area contributed by atoms with E-state index in [1.165, 1.54) is 18.5 Å². The molecule has 3 saturated heterocycles. The molecule has 42 heavy (non-hydrogen) atoms. The minimum absolute atomic E-state index is 0.0328. The fourth-order valence-corrected chi connectivity index (χ4v) is 6.09. The number of carbonyl (C=O) groups is 1. The summed E-state index contributed by atoms with van der Waals surface area (Å²) in [5.74, 6) is -0.370. The second-order valence-corrected chi connectivity index (χ2v) is 11.3. The summed E-state index contributed by atoms with van der Waals surface area (Å²) in [6, 6.07) is 5.82. The van der Waals surface area contributed by atoms with Crippen LogP contribution in [0.2, 0.25) is 0 Å². The summed E-state index contributed by atoms with van der Waals surface area (Å²) in [7, 11) is 0. The van der Waals surface area contributed by atoms with Gasteiger partial charge in [-0.1, -0.05) is 12.1 Å². The van der Waals surface area contributed by atoms with Crippen molar-refractivity contribution in [3.8, 4) is 5.75 Å². The van der Waals surface area contributed by atoms with E-state index in [0.29, 0.717) is 44.7 Å². The van der Waals surface area contributed by atoms with Gasteiger partial charge in [0.25, 0.3) is 5.91 Å². The van der Waals surface area contributed by atoms with Crippen molar-refractivity contribution in [3.63, 3.8) is 0 Å². The number of hydrogen-bond acceptors (Lipinski definition) is 7. The zero-order valence-electron chi connectivity index (χ0n) is 23.7. The molecule has 1 amide bonds. The van der Waals surface area contributed by atoms with Gasteiger partial charge in [0.05, 0.1) is 18.8 Å². The van der Waals surface area contributed by atoms with Crippen LogP contribution in [0.15, 0.2) is 30.6 Å². The number of nitrogens with one attached hydrogen (secondary N) is 1. The van der Waals surface area contributed by atoms with Gasteiger partial charge in [-0.2, -0.15) is 0 Å². The van der Waals surface area contributed by atoms with Gasteiger partial charge < -0.3 is 24.4 Å². The van der Waals surface area contributed by atoms with Crippen LogP contribution >= 0.6 is 0 Å². The van der Waals surface area contributed by atoms with Gasteiger partial charge in [-0.3, -0.25) is 4.79 Å². The Kier molecular flexibility index (Phi) is 9.95. The number of benzene rings is 1. The Morgan fingerprint density at radius 3 is 2.57 bits per heavy atom. The molecule has 1 aromatic carbocycles. The van der Waals surface area contributed by atoms with Crippen molar-refractivity contribution < 1.29 is 36.6 Å². The number of nitrogens with zero attached hydrogens (tertiary/aromatic N) is 3. The van der Waals surface area contributed by atoms with Gasteiger partial charge in [-0.15, -0.1) is 13.2 Å². The molecular weight excluding hydrogens is 556 g/mol. The second kappa shape index (κ2) is 13.6. The number of rotatable bonds is 8. The lowest BCUT2D eigenvalue weighted by Crippen LogP contribution is -2.52. The van der Waals surface area contributed by atoms with E-state index in [9.17, 15) is 22.4 Å². The van der Waals surface area contributed by atoms with Crippen LogP contribution in [0.5, 0.6) is 5.75 Å². The van der Waals surface area contributed by atoms with Crippen molar-refractivity contribution in [2.75, 3.05) is 26.3 Å². The number of halogens is 4. The molecule has 0 bridgehead atoms. The average Bonchev–Trinajstić information content (AvgIpc) is 2.98. The Hall–Kier alpha value is -2.83. The number of ether oxygens (including phenoxy) is 3.